The highest BCUT2D eigenvalue weighted by Crippen LogP contribution is 1.98. The maximum atomic E-state index is 11.6. The number of hydrogen-bond donors (Lipinski definition) is 4. The van der Waals surface area contributed by atoms with Crippen LogP contribution in [0.15, 0.2) is 12.3 Å². The highest BCUT2D eigenvalue weighted by molar-refractivity contribution is 5.73. The summed E-state index contributed by atoms with van der Waals surface area (Å²) >= 11 is 0. The molecule has 0 aliphatic heterocycles. The Hall–Kier alpha value is -2.45. The molecule has 0 bridgehead atoms. The van der Waals surface area contributed by atoms with Gasteiger partial charge in [0.05, 0.1) is 14.2 Å². The number of urea groups is 1. The van der Waals surface area contributed by atoms with Crippen molar-refractivity contribution < 1.29 is 23.9 Å². The third-order valence-corrected chi connectivity index (χ3v) is 3.43. The molecule has 9 nitrogen and oxygen atoms in total. The first-order chi connectivity index (χ1) is 12.6. The number of unbranched alkanes of at least 4 members (excludes halogenated alkanes) is 5. The van der Waals surface area contributed by atoms with Crippen LogP contribution in [-0.2, 0) is 9.47 Å². The molecule has 0 spiro atoms. The normalized spacial score (nSPS) is 10.2. The monoisotopic (exact) mass is 372 g/mol. The van der Waals surface area contributed by atoms with Crippen molar-refractivity contribution >= 4 is 18.2 Å². The van der Waals surface area contributed by atoms with Gasteiger partial charge < -0.3 is 25.4 Å². The summed E-state index contributed by atoms with van der Waals surface area (Å²) in [7, 11) is 2.65. The third kappa shape index (κ3) is 16.4. The Balaban J connectivity index is 3.32. The van der Waals surface area contributed by atoms with Gasteiger partial charge >= 0.3 is 18.2 Å². The van der Waals surface area contributed by atoms with Crippen LogP contribution in [0.2, 0.25) is 0 Å². The van der Waals surface area contributed by atoms with Crippen LogP contribution in [0.5, 0.6) is 0 Å². The molecule has 0 saturated carbocycles. The summed E-state index contributed by atoms with van der Waals surface area (Å²) in [4.78, 5) is 33.2. The van der Waals surface area contributed by atoms with E-state index in [2.05, 4.69) is 30.7 Å². The maximum Gasteiger partial charge on any atom is 0.410 e. The van der Waals surface area contributed by atoms with E-state index in [-0.39, 0.29) is 6.03 Å². The molecule has 0 unspecified atom stereocenters. The molecule has 0 saturated heterocycles. The quantitative estimate of drug-likeness (QED) is 0.370. The minimum atomic E-state index is -0.488. The average Bonchev–Trinajstić information content (AvgIpc) is 2.65. The largest absolute Gasteiger partial charge is 0.453 e. The van der Waals surface area contributed by atoms with Crippen LogP contribution in [0.25, 0.3) is 0 Å². The molecule has 150 valence electrons. The van der Waals surface area contributed by atoms with Gasteiger partial charge in [-0.05, 0) is 32.1 Å². The van der Waals surface area contributed by atoms with E-state index >= 15 is 0 Å². The lowest BCUT2D eigenvalue weighted by molar-refractivity contribution is 0.170. The molecular formula is C17H32N4O5. The molecule has 0 heterocycles. The topological polar surface area (TPSA) is 118 Å². The van der Waals surface area contributed by atoms with E-state index in [9.17, 15) is 14.4 Å². The molecule has 0 aromatic carbocycles. The molecular weight excluding hydrogens is 340 g/mol. The Morgan fingerprint density at radius 3 is 1.85 bits per heavy atom. The fourth-order valence-corrected chi connectivity index (χ4v) is 1.99. The molecule has 0 rings (SSSR count). The summed E-state index contributed by atoms with van der Waals surface area (Å²) in [5, 5.41) is 10.7. The van der Waals surface area contributed by atoms with Gasteiger partial charge in [-0.1, -0.05) is 18.9 Å². The number of ether oxygens (including phenoxy) is 2. The second-order valence-electron chi connectivity index (χ2n) is 5.55. The van der Waals surface area contributed by atoms with Gasteiger partial charge in [0.15, 0.2) is 0 Å². The van der Waals surface area contributed by atoms with Crippen LogP contribution in [0.4, 0.5) is 14.4 Å². The number of hydrogen-bond acceptors (Lipinski definition) is 5. The van der Waals surface area contributed by atoms with Crippen LogP contribution in [0.3, 0.4) is 0 Å². The molecule has 0 atom stereocenters. The maximum absolute atomic E-state index is 11.6. The zero-order valence-electron chi connectivity index (χ0n) is 15.8. The molecule has 26 heavy (non-hydrogen) atoms. The Bertz CT molecular complexity index is 429. The van der Waals surface area contributed by atoms with Crippen molar-refractivity contribution in [3.8, 4) is 0 Å². The van der Waals surface area contributed by atoms with E-state index in [0.29, 0.717) is 19.6 Å². The molecule has 0 fully saturated rings. The van der Waals surface area contributed by atoms with Crippen molar-refractivity contribution in [1.29, 1.82) is 0 Å². The minimum absolute atomic E-state index is 0.153. The predicted octanol–water partition coefficient (Wildman–Crippen LogP) is 2.24. The fourth-order valence-electron chi connectivity index (χ4n) is 1.99. The fraction of sp³-hybridized carbons (Fsp3) is 0.706. The minimum Gasteiger partial charge on any atom is -0.453 e. The van der Waals surface area contributed by atoms with E-state index in [0.717, 1.165) is 44.9 Å². The lowest BCUT2D eigenvalue weighted by Gasteiger charge is -2.07. The van der Waals surface area contributed by atoms with E-state index in [1.165, 1.54) is 14.2 Å². The molecule has 0 aromatic rings. The van der Waals surface area contributed by atoms with Crippen LogP contribution in [0.1, 0.15) is 44.9 Å². The molecule has 0 radical (unpaired) electrons. The highest BCUT2D eigenvalue weighted by Gasteiger charge is 1.99. The number of nitrogens with one attached hydrogen (secondary N) is 4. The summed E-state index contributed by atoms with van der Waals surface area (Å²) in [5.41, 5.74) is 0. The van der Waals surface area contributed by atoms with Gasteiger partial charge in [-0.2, -0.15) is 0 Å². The second kappa shape index (κ2) is 17.4. The molecule has 0 aliphatic rings. The van der Waals surface area contributed by atoms with Gasteiger partial charge in [0.25, 0.3) is 0 Å². The van der Waals surface area contributed by atoms with Crippen LogP contribution in [-0.4, -0.2) is 52.1 Å². The molecule has 0 aromatic heterocycles. The van der Waals surface area contributed by atoms with E-state index in [4.69, 9.17) is 0 Å². The number of allylic oxidation sites excluding steroid dienone is 1. The molecule has 0 aliphatic carbocycles. The van der Waals surface area contributed by atoms with Crippen LogP contribution >= 0.6 is 0 Å². The number of alkyl carbamates (subject to hydrolysis) is 2. The Morgan fingerprint density at radius 1 is 0.731 bits per heavy atom. The van der Waals surface area contributed by atoms with Crippen LogP contribution < -0.4 is 21.3 Å². The zero-order valence-corrected chi connectivity index (χ0v) is 15.8. The Labute approximate surface area is 155 Å². The number of carbonyl (C=O) groups excluding carboxylic acids is 3. The summed E-state index contributed by atoms with van der Waals surface area (Å²) in [5.74, 6) is 0. The van der Waals surface area contributed by atoms with Gasteiger partial charge in [0, 0.05) is 25.8 Å². The summed E-state index contributed by atoms with van der Waals surface area (Å²) in [6.45, 7) is 1.86. The second-order valence-corrected chi connectivity index (χ2v) is 5.55. The van der Waals surface area contributed by atoms with E-state index in [1.54, 1.807) is 6.20 Å². The summed E-state index contributed by atoms with van der Waals surface area (Å²) < 4.78 is 8.90. The van der Waals surface area contributed by atoms with Crippen molar-refractivity contribution in [2.75, 3.05) is 33.9 Å². The average molecular weight is 372 g/mol. The lowest BCUT2D eigenvalue weighted by Crippen LogP contribution is -2.36. The summed E-state index contributed by atoms with van der Waals surface area (Å²) in [6, 6.07) is -0.153. The number of methoxy groups -OCH3 is 2. The lowest BCUT2D eigenvalue weighted by atomic mass is 10.2. The van der Waals surface area contributed by atoms with Crippen molar-refractivity contribution in [2.24, 2.45) is 0 Å². The first-order valence-corrected chi connectivity index (χ1v) is 8.93. The van der Waals surface area contributed by atoms with Crippen molar-refractivity contribution in [3.05, 3.63) is 12.3 Å². The smallest absolute Gasteiger partial charge is 0.410 e. The van der Waals surface area contributed by atoms with Gasteiger partial charge in [-0.3, -0.25) is 5.32 Å². The van der Waals surface area contributed by atoms with E-state index < -0.39 is 12.2 Å². The highest BCUT2D eigenvalue weighted by atomic mass is 16.5. The van der Waals surface area contributed by atoms with Gasteiger partial charge in [0.2, 0.25) is 0 Å². The number of carbonyl (C=O) groups is 3. The molecule has 9 heteroatoms. The summed E-state index contributed by atoms with van der Waals surface area (Å²) in [6.07, 6.45) is 8.89. The zero-order chi connectivity index (χ0) is 19.5. The molecule has 4 N–H and O–H groups in total. The standard InChI is InChI=1S/C17H32N4O5/c1-25-16(23)20-13-9-5-3-7-11-18-15(22)19-12-8-4-6-10-14-21-17(24)26-2/h9,13H,3-8,10-12,14H2,1-2H3,(H,20,23)(H,21,24)(H2,18,19,22)/b13-9+. The third-order valence-electron chi connectivity index (χ3n) is 3.43. The van der Waals surface area contributed by atoms with Gasteiger partial charge in [0.1, 0.15) is 0 Å². The van der Waals surface area contributed by atoms with Crippen molar-refractivity contribution in [3.63, 3.8) is 0 Å². The van der Waals surface area contributed by atoms with Crippen molar-refractivity contribution in [1.82, 2.24) is 21.3 Å². The van der Waals surface area contributed by atoms with Crippen molar-refractivity contribution in [2.45, 2.75) is 44.9 Å². The first-order valence-electron chi connectivity index (χ1n) is 8.93. The van der Waals surface area contributed by atoms with Crippen LogP contribution in [0, 0.1) is 0 Å². The molecule has 4 amide bonds. The van der Waals surface area contributed by atoms with Gasteiger partial charge in [-0.15, -0.1) is 0 Å². The Morgan fingerprint density at radius 2 is 1.27 bits per heavy atom. The number of amides is 4. The SMILES string of the molecule is COC(=O)N/C=C/CCCCNC(=O)NCCCCCCNC(=O)OC. The van der Waals surface area contributed by atoms with Gasteiger partial charge in [-0.25, -0.2) is 14.4 Å². The predicted molar refractivity (Wildman–Crippen MR) is 98.8 cm³/mol. The number of rotatable bonds is 13. The Kier molecular flexibility index (Phi) is 15.7. The first kappa shape index (κ1) is 23.5. The van der Waals surface area contributed by atoms with E-state index in [1.807, 2.05) is 6.08 Å².